The van der Waals surface area contributed by atoms with Gasteiger partial charge in [0.1, 0.15) is 5.82 Å². The molecular weight excluding hydrogens is 199 g/mol. The van der Waals surface area contributed by atoms with Crippen molar-refractivity contribution in [2.24, 2.45) is 0 Å². The Labute approximate surface area is 87.8 Å². The Balaban J connectivity index is 2.60. The fourth-order valence-electron chi connectivity index (χ4n) is 1.25. The number of pyridine rings is 1. The normalized spacial score (nSPS) is 13.1. The highest BCUT2D eigenvalue weighted by molar-refractivity contribution is 5.09. The van der Waals surface area contributed by atoms with E-state index in [2.05, 4.69) is 10.3 Å². The minimum absolute atomic E-state index is 0.144. The number of hydrogen-bond donors (Lipinski definition) is 3. The van der Waals surface area contributed by atoms with Crippen LogP contribution in [0.1, 0.15) is 18.7 Å². The molecule has 1 aromatic rings. The van der Waals surface area contributed by atoms with Crippen LogP contribution in [0.2, 0.25) is 0 Å². The zero-order valence-electron chi connectivity index (χ0n) is 8.52. The second-order valence-corrected chi connectivity index (χ2v) is 3.35. The van der Waals surface area contributed by atoms with Crippen LogP contribution in [0, 0.1) is 5.82 Å². The van der Waals surface area contributed by atoms with E-state index in [1.54, 1.807) is 6.07 Å². The van der Waals surface area contributed by atoms with Crippen LogP contribution >= 0.6 is 0 Å². The molecule has 3 N–H and O–H groups in total. The molecule has 5 heteroatoms. The third-order valence-corrected chi connectivity index (χ3v) is 2.12. The lowest BCUT2D eigenvalue weighted by atomic mass is 10.2. The number of aromatic nitrogens is 1. The molecule has 0 radical (unpaired) electrons. The summed E-state index contributed by atoms with van der Waals surface area (Å²) in [5.74, 6) is -0.383. The van der Waals surface area contributed by atoms with E-state index in [0.717, 1.165) is 6.20 Å². The van der Waals surface area contributed by atoms with Crippen LogP contribution < -0.4 is 5.32 Å². The van der Waals surface area contributed by atoms with Gasteiger partial charge in [-0.1, -0.05) is 0 Å². The highest BCUT2D eigenvalue weighted by Gasteiger charge is 2.12. The molecule has 0 amide bonds. The maximum Gasteiger partial charge on any atom is 0.141 e. The summed E-state index contributed by atoms with van der Waals surface area (Å²) in [4.78, 5) is 3.90. The van der Waals surface area contributed by atoms with Crippen LogP contribution in [-0.4, -0.2) is 34.5 Å². The number of aliphatic hydroxyl groups excluding tert-OH is 2. The zero-order chi connectivity index (χ0) is 11.3. The van der Waals surface area contributed by atoms with Gasteiger partial charge in [0.15, 0.2) is 0 Å². The van der Waals surface area contributed by atoms with Crippen LogP contribution in [0.3, 0.4) is 0 Å². The predicted octanol–water partition coefficient (Wildman–Crippen LogP) is 0.225. The van der Waals surface area contributed by atoms with Gasteiger partial charge in [-0.2, -0.15) is 0 Å². The molecule has 1 atom stereocenters. The smallest absolute Gasteiger partial charge is 0.141 e. The highest BCUT2D eigenvalue weighted by Crippen LogP contribution is 2.09. The van der Waals surface area contributed by atoms with Crippen molar-refractivity contribution in [3.05, 3.63) is 29.8 Å². The monoisotopic (exact) mass is 214 g/mol. The van der Waals surface area contributed by atoms with Crippen molar-refractivity contribution in [1.29, 1.82) is 0 Å². The molecule has 0 saturated carbocycles. The Morgan fingerprint density at radius 1 is 1.40 bits per heavy atom. The first-order valence-electron chi connectivity index (χ1n) is 4.76. The average Bonchev–Trinajstić information content (AvgIpc) is 2.26. The predicted molar refractivity (Wildman–Crippen MR) is 53.7 cm³/mol. The maximum atomic E-state index is 12.6. The zero-order valence-corrected chi connectivity index (χ0v) is 8.52. The van der Waals surface area contributed by atoms with Gasteiger partial charge < -0.3 is 15.5 Å². The lowest BCUT2D eigenvalue weighted by Gasteiger charge is -2.19. The van der Waals surface area contributed by atoms with Gasteiger partial charge in [-0.3, -0.25) is 4.98 Å². The SMILES string of the molecule is CC(NC(CO)CO)c1ccc(F)cn1. The molecular formula is C10H15FN2O2. The Hall–Kier alpha value is -1.04. The summed E-state index contributed by atoms with van der Waals surface area (Å²) in [5, 5.41) is 20.7. The molecule has 15 heavy (non-hydrogen) atoms. The summed E-state index contributed by atoms with van der Waals surface area (Å²) in [6, 6.07) is 2.37. The number of aliphatic hydroxyl groups is 2. The van der Waals surface area contributed by atoms with Crippen LogP contribution in [0.25, 0.3) is 0 Å². The summed E-state index contributed by atoms with van der Waals surface area (Å²) in [5.41, 5.74) is 0.670. The van der Waals surface area contributed by atoms with Crippen molar-refractivity contribution in [3.8, 4) is 0 Å². The standard InChI is InChI=1S/C10H15FN2O2/c1-7(13-9(5-14)6-15)10-3-2-8(11)4-12-10/h2-4,7,9,13-15H,5-6H2,1H3. The van der Waals surface area contributed by atoms with Crippen molar-refractivity contribution in [1.82, 2.24) is 10.3 Å². The largest absolute Gasteiger partial charge is 0.395 e. The van der Waals surface area contributed by atoms with Crippen molar-refractivity contribution in [2.75, 3.05) is 13.2 Å². The molecule has 4 nitrogen and oxygen atoms in total. The molecule has 1 unspecified atom stereocenters. The van der Waals surface area contributed by atoms with Crippen molar-refractivity contribution in [3.63, 3.8) is 0 Å². The van der Waals surface area contributed by atoms with Gasteiger partial charge in [-0.05, 0) is 19.1 Å². The first kappa shape index (κ1) is 12.0. The molecule has 1 aromatic heterocycles. The Kier molecular flexibility index (Phi) is 4.61. The van der Waals surface area contributed by atoms with Gasteiger partial charge in [0.05, 0.1) is 31.1 Å². The fraction of sp³-hybridized carbons (Fsp3) is 0.500. The first-order chi connectivity index (χ1) is 7.17. The van der Waals surface area contributed by atoms with E-state index in [0.29, 0.717) is 5.69 Å². The van der Waals surface area contributed by atoms with E-state index in [4.69, 9.17) is 10.2 Å². The third-order valence-electron chi connectivity index (χ3n) is 2.12. The van der Waals surface area contributed by atoms with Crippen molar-refractivity contribution in [2.45, 2.75) is 19.0 Å². The maximum absolute atomic E-state index is 12.6. The third kappa shape index (κ3) is 3.54. The molecule has 0 saturated heterocycles. The molecule has 84 valence electrons. The lowest BCUT2D eigenvalue weighted by molar-refractivity contribution is 0.163. The molecule has 0 aromatic carbocycles. The molecule has 0 spiro atoms. The Morgan fingerprint density at radius 2 is 2.07 bits per heavy atom. The molecule has 0 aliphatic rings. The van der Waals surface area contributed by atoms with E-state index in [9.17, 15) is 4.39 Å². The summed E-state index contributed by atoms with van der Waals surface area (Å²) in [6.45, 7) is 1.53. The lowest BCUT2D eigenvalue weighted by Crippen LogP contribution is -2.37. The molecule has 0 bridgehead atoms. The number of hydrogen-bond acceptors (Lipinski definition) is 4. The fourth-order valence-corrected chi connectivity index (χ4v) is 1.25. The van der Waals surface area contributed by atoms with E-state index < -0.39 is 0 Å². The minimum atomic E-state index is -0.383. The van der Waals surface area contributed by atoms with Gasteiger partial charge in [0, 0.05) is 6.04 Å². The summed E-state index contributed by atoms with van der Waals surface area (Å²) in [6.07, 6.45) is 1.14. The van der Waals surface area contributed by atoms with E-state index in [-0.39, 0.29) is 31.1 Å². The quantitative estimate of drug-likeness (QED) is 0.656. The molecule has 0 fully saturated rings. The van der Waals surface area contributed by atoms with Crippen LogP contribution in [0.15, 0.2) is 18.3 Å². The minimum Gasteiger partial charge on any atom is -0.395 e. The highest BCUT2D eigenvalue weighted by atomic mass is 19.1. The number of nitrogens with zero attached hydrogens (tertiary/aromatic N) is 1. The molecule has 0 aliphatic heterocycles. The molecule has 1 heterocycles. The van der Waals surface area contributed by atoms with Gasteiger partial charge in [0.2, 0.25) is 0 Å². The number of nitrogens with one attached hydrogen (secondary N) is 1. The second-order valence-electron chi connectivity index (χ2n) is 3.35. The van der Waals surface area contributed by atoms with Crippen LogP contribution in [0.5, 0.6) is 0 Å². The molecule has 1 rings (SSSR count). The second kappa shape index (κ2) is 5.75. The average molecular weight is 214 g/mol. The van der Waals surface area contributed by atoms with E-state index in [1.165, 1.54) is 6.07 Å². The van der Waals surface area contributed by atoms with Gasteiger partial charge >= 0.3 is 0 Å². The summed E-state index contributed by atoms with van der Waals surface area (Å²) in [7, 11) is 0. The van der Waals surface area contributed by atoms with Gasteiger partial charge in [0.25, 0.3) is 0 Å². The number of halogens is 1. The van der Waals surface area contributed by atoms with Gasteiger partial charge in [-0.15, -0.1) is 0 Å². The number of rotatable bonds is 5. The van der Waals surface area contributed by atoms with Gasteiger partial charge in [-0.25, -0.2) is 4.39 Å². The topological polar surface area (TPSA) is 65.4 Å². The summed E-state index contributed by atoms with van der Waals surface area (Å²) >= 11 is 0. The van der Waals surface area contributed by atoms with Crippen LogP contribution in [0.4, 0.5) is 4.39 Å². The van der Waals surface area contributed by atoms with Crippen molar-refractivity contribution < 1.29 is 14.6 Å². The van der Waals surface area contributed by atoms with E-state index >= 15 is 0 Å². The molecule has 0 aliphatic carbocycles. The Morgan fingerprint density at radius 3 is 2.53 bits per heavy atom. The van der Waals surface area contributed by atoms with Crippen molar-refractivity contribution >= 4 is 0 Å². The first-order valence-corrected chi connectivity index (χ1v) is 4.76. The summed E-state index contributed by atoms with van der Waals surface area (Å²) < 4.78 is 12.6. The Bertz CT molecular complexity index is 288. The van der Waals surface area contributed by atoms with Crippen LogP contribution in [-0.2, 0) is 0 Å². The van der Waals surface area contributed by atoms with E-state index in [1.807, 2.05) is 6.92 Å².